The van der Waals surface area contributed by atoms with Crippen LogP contribution in [0.1, 0.15) is 33.6 Å². The summed E-state index contributed by atoms with van der Waals surface area (Å²) in [5.74, 6) is 1.55. The molecule has 1 heteroatoms. The number of hydrogen-bond acceptors (Lipinski definition) is 1. The van der Waals surface area contributed by atoms with E-state index in [1.54, 1.807) is 0 Å². The highest BCUT2D eigenvalue weighted by atomic mass is 14.9. The lowest BCUT2D eigenvalue weighted by atomic mass is 9.86. The SMILES string of the molecule is C/C=C(\C=C/CC)C1CNCC(C)C1. The molecule has 0 spiro atoms. The highest BCUT2D eigenvalue weighted by molar-refractivity contribution is 5.22. The summed E-state index contributed by atoms with van der Waals surface area (Å²) in [6, 6.07) is 0. The van der Waals surface area contributed by atoms with Gasteiger partial charge in [0.15, 0.2) is 0 Å². The van der Waals surface area contributed by atoms with Gasteiger partial charge in [-0.15, -0.1) is 0 Å². The van der Waals surface area contributed by atoms with Gasteiger partial charge < -0.3 is 5.32 Å². The van der Waals surface area contributed by atoms with E-state index >= 15 is 0 Å². The standard InChI is InChI=1S/C13H23N/c1-4-6-7-12(5-2)13-8-11(3)9-14-10-13/h5-7,11,13-14H,4,8-10H2,1-3H3/b7-6-,12-5+. The van der Waals surface area contributed by atoms with Crippen LogP contribution in [0.15, 0.2) is 23.8 Å². The monoisotopic (exact) mass is 193 g/mol. The average molecular weight is 193 g/mol. The van der Waals surface area contributed by atoms with Gasteiger partial charge in [0.2, 0.25) is 0 Å². The van der Waals surface area contributed by atoms with Crippen LogP contribution in [0.3, 0.4) is 0 Å². The number of nitrogens with one attached hydrogen (secondary N) is 1. The average Bonchev–Trinajstić information content (AvgIpc) is 2.19. The zero-order valence-corrected chi connectivity index (χ0v) is 9.72. The van der Waals surface area contributed by atoms with Crippen LogP contribution in [0, 0.1) is 11.8 Å². The summed E-state index contributed by atoms with van der Waals surface area (Å²) in [5.41, 5.74) is 1.51. The van der Waals surface area contributed by atoms with Crippen LogP contribution in [-0.4, -0.2) is 13.1 Å². The number of piperidine rings is 1. The van der Waals surface area contributed by atoms with Gasteiger partial charge in [-0.05, 0) is 43.7 Å². The lowest BCUT2D eigenvalue weighted by Gasteiger charge is -2.28. The summed E-state index contributed by atoms with van der Waals surface area (Å²) in [4.78, 5) is 0. The van der Waals surface area contributed by atoms with Crippen molar-refractivity contribution in [2.75, 3.05) is 13.1 Å². The molecule has 14 heavy (non-hydrogen) atoms. The fourth-order valence-electron chi connectivity index (χ4n) is 2.13. The third-order valence-corrected chi connectivity index (χ3v) is 2.92. The molecule has 2 atom stereocenters. The summed E-state index contributed by atoms with van der Waals surface area (Å²) in [7, 11) is 0. The van der Waals surface area contributed by atoms with Crippen LogP contribution in [0.5, 0.6) is 0 Å². The van der Waals surface area contributed by atoms with Crippen molar-refractivity contribution in [2.24, 2.45) is 11.8 Å². The van der Waals surface area contributed by atoms with Crippen LogP contribution in [0.2, 0.25) is 0 Å². The van der Waals surface area contributed by atoms with Crippen molar-refractivity contribution in [3.05, 3.63) is 23.8 Å². The third kappa shape index (κ3) is 3.30. The van der Waals surface area contributed by atoms with E-state index in [0.717, 1.165) is 24.8 Å². The molecule has 1 N–H and O–H groups in total. The molecular weight excluding hydrogens is 170 g/mol. The molecule has 0 aromatic heterocycles. The Morgan fingerprint density at radius 1 is 1.43 bits per heavy atom. The minimum Gasteiger partial charge on any atom is -0.316 e. The van der Waals surface area contributed by atoms with E-state index in [1.165, 1.54) is 18.5 Å². The quantitative estimate of drug-likeness (QED) is 0.679. The Morgan fingerprint density at radius 3 is 2.79 bits per heavy atom. The molecular formula is C13H23N. The molecule has 0 aromatic rings. The summed E-state index contributed by atoms with van der Waals surface area (Å²) >= 11 is 0. The first-order valence-electron chi connectivity index (χ1n) is 5.81. The van der Waals surface area contributed by atoms with Gasteiger partial charge in [0, 0.05) is 6.54 Å². The van der Waals surface area contributed by atoms with Crippen molar-refractivity contribution < 1.29 is 0 Å². The fourth-order valence-corrected chi connectivity index (χ4v) is 2.13. The van der Waals surface area contributed by atoms with Gasteiger partial charge in [0.1, 0.15) is 0 Å². The lowest BCUT2D eigenvalue weighted by molar-refractivity contribution is 0.338. The van der Waals surface area contributed by atoms with Crippen molar-refractivity contribution in [1.82, 2.24) is 5.32 Å². The van der Waals surface area contributed by atoms with Gasteiger partial charge in [-0.1, -0.05) is 32.1 Å². The van der Waals surface area contributed by atoms with E-state index in [4.69, 9.17) is 0 Å². The normalized spacial score (nSPS) is 29.8. The van der Waals surface area contributed by atoms with Gasteiger partial charge in [0.05, 0.1) is 0 Å². The van der Waals surface area contributed by atoms with Gasteiger partial charge in [-0.3, -0.25) is 0 Å². The smallest absolute Gasteiger partial charge is 0.00202 e. The number of allylic oxidation sites excluding steroid dienone is 3. The molecule has 0 saturated carbocycles. The topological polar surface area (TPSA) is 12.0 Å². The minimum atomic E-state index is 0.728. The van der Waals surface area contributed by atoms with Gasteiger partial charge >= 0.3 is 0 Å². The Bertz CT molecular complexity index is 215. The Hall–Kier alpha value is -0.560. The van der Waals surface area contributed by atoms with Gasteiger partial charge in [-0.2, -0.15) is 0 Å². The maximum absolute atomic E-state index is 3.50. The fraction of sp³-hybridized carbons (Fsp3) is 0.692. The molecule has 0 radical (unpaired) electrons. The lowest BCUT2D eigenvalue weighted by Crippen LogP contribution is -2.35. The zero-order chi connectivity index (χ0) is 10.4. The molecule has 0 aromatic carbocycles. The highest BCUT2D eigenvalue weighted by Crippen LogP contribution is 2.23. The predicted molar refractivity (Wildman–Crippen MR) is 63.3 cm³/mol. The Balaban J connectivity index is 2.56. The Kier molecular flexibility index (Phi) is 4.95. The third-order valence-electron chi connectivity index (χ3n) is 2.92. The molecule has 1 heterocycles. The van der Waals surface area contributed by atoms with E-state index in [-0.39, 0.29) is 0 Å². The van der Waals surface area contributed by atoms with Crippen molar-refractivity contribution >= 4 is 0 Å². The van der Waals surface area contributed by atoms with Gasteiger partial charge in [-0.25, -0.2) is 0 Å². The minimum absolute atomic E-state index is 0.728. The Morgan fingerprint density at radius 2 is 2.21 bits per heavy atom. The molecule has 0 bridgehead atoms. The molecule has 1 aliphatic rings. The summed E-state index contributed by atoms with van der Waals surface area (Å²) in [6.07, 6.45) is 9.28. The first-order chi connectivity index (χ1) is 6.77. The number of rotatable bonds is 3. The van der Waals surface area contributed by atoms with Crippen LogP contribution >= 0.6 is 0 Å². The molecule has 1 saturated heterocycles. The molecule has 0 amide bonds. The van der Waals surface area contributed by atoms with Crippen LogP contribution in [0.4, 0.5) is 0 Å². The molecule has 1 aliphatic heterocycles. The zero-order valence-electron chi connectivity index (χ0n) is 9.72. The maximum atomic E-state index is 3.50. The second-order valence-corrected chi connectivity index (χ2v) is 4.30. The molecule has 80 valence electrons. The second-order valence-electron chi connectivity index (χ2n) is 4.30. The van der Waals surface area contributed by atoms with Crippen molar-refractivity contribution in [3.63, 3.8) is 0 Å². The van der Waals surface area contributed by atoms with Crippen molar-refractivity contribution in [2.45, 2.75) is 33.6 Å². The molecule has 1 rings (SSSR count). The maximum Gasteiger partial charge on any atom is 0.00202 e. The van der Waals surface area contributed by atoms with E-state index in [9.17, 15) is 0 Å². The summed E-state index contributed by atoms with van der Waals surface area (Å²) in [5, 5.41) is 3.50. The van der Waals surface area contributed by atoms with Crippen LogP contribution in [-0.2, 0) is 0 Å². The first kappa shape index (κ1) is 11.5. The molecule has 1 fully saturated rings. The van der Waals surface area contributed by atoms with E-state index < -0.39 is 0 Å². The molecule has 1 nitrogen and oxygen atoms in total. The van der Waals surface area contributed by atoms with E-state index in [0.29, 0.717) is 0 Å². The van der Waals surface area contributed by atoms with Crippen molar-refractivity contribution in [3.8, 4) is 0 Å². The highest BCUT2D eigenvalue weighted by Gasteiger charge is 2.19. The van der Waals surface area contributed by atoms with E-state index in [1.807, 2.05) is 0 Å². The first-order valence-corrected chi connectivity index (χ1v) is 5.81. The summed E-state index contributed by atoms with van der Waals surface area (Å²) < 4.78 is 0. The number of hydrogen-bond donors (Lipinski definition) is 1. The molecule has 0 aliphatic carbocycles. The predicted octanol–water partition coefficient (Wildman–Crippen LogP) is 3.14. The van der Waals surface area contributed by atoms with Gasteiger partial charge in [0.25, 0.3) is 0 Å². The largest absolute Gasteiger partial charge is 0.316 e. The Labute approximate surface area is 88.3 Å². The molecule has 2 unspecified atom stereocenters. The van der Waals surface area contributed by atoms with Crippen molar-refractivity contribution in [1.29, 1.82) is 0 Å². The van der Waals surface area contributed by atoms with Crippen LogP contribution in [0.25, 0.3) is 0 Å². The van der Waals surface area contributed by atoms with Crippen LogP contribution < -0.4 is 5.32 Å². The summed E-state index contributed by atoms with van der Waals surface area (Å²) in [6.45, 7) is 9.00. The second kappa shape index (κ2) is 6.02. The van der Waals surface area contributed by atoms with E-state index in [2.05, 4.69) is 44.3 Å².